The predicted molar refractivity (Wildman–Crippen MR) is 37.2 cm³/mol. The molecule has 0 N–H and O–H groups in total. The van der Waals surface area contributed by atoms with Crippen LogP contribution >= 0.6 is 0 Å². The summed E-state index contributed by atoms with van der Waals surface area (Å²) in [5.74, 6) is 0. The molecule has 0 amide bonds. The van der Waals surface area contributed by atoms with Crippen molar-refractivity contribution < 1.29 is 13.2 Å². The van der Waals surface area contributed by atoms with Crippen molar-refractivity contribution in [1.82, 2.24) is 4.31 Å². The third kappa shape index (κ3) is 1.16. The van der Waals surface area contributed by atoms with Gasteiger partial charge in [0.2, 0.25) is 10.0 Å². The van der Waals surface area contributed by atoms with E-state index in [9.17, 15) is 8.42 Å². The lowest BCUT2D eigenvalue weighted by Crippen LogP contribution is -2.46. The van der Waals surface area contributed by atoms with Gasteiger partial charge in [0.1, 0.15) is 5.25 Å². The summed E-state index contributed by atoms with van der Waals surface area (Å²) in [4.78, 5) is 0. The first-order chi connectivity index (χ1) is 4.55. The van der Waals surface area contributed by atoms with Crippen LogP contribution in [0.5, 0.6) is 0 Å². The minimum absolute atomic E-state index is 0.303. The summed E-state index contributed by atoms with van der Waals surface area (Å²) >= 11 is 0. The molecule has 60 valence electrons. The van der Waals surface area contributed by atoms with Crippen molar-refractivity contribution >= 4 is 10.0 Å². The van der Waals surface area contributed by atoms with E-state index in [-0.39, 0.29) is 5.25 Å². The quantitative estimate of drug-likeness (QED) is 0.542. The summed E-state index contributed by atoms with van der Waals surface area (Å²) in [6, 6.07) is 0. The zero-order valence-corrected chi connectivity index (χ0v) is 6.89. The Morgan fingerprint density at radius 1 is 1.40 bits per heavy atom. The van der Waals surface area contributed by atoms with Crippen LogP contribution in [0.25, 0.3) is 0 Å². The van der Waals surface area contributed by atoms with Crippen LogP contribution in [0.15, 0.2) is 0 Å². The molecule has 5 heteroatoms. The van der Waals surface area contributed by atoms with Crippen LogP contribution in [-0.2, 0) is 14.8 Å². The summed E-state index contributed by atoms with van der Waals surface area (Å²) in [6.45, 7) is 0.695. The molecule has 0 spiro atoms. The molecule has 10 heavy (non-hydrogen) atoms. The molecule has 0 bridgehead atoms. The fourth-order valence-corrected chi connectivity index (χ4v) is 1.82. The van der Waals surface area contributed by atoms with Crippen LogP contribution in [-0.4, -0.2) is 45.3 Å². The van der Waals surface area contributed by atoms with E-state index in [4.69, 9.17) is 4.74 Å². The summed E-state index contributed by atoms with van der Waals surface area (Å²) in [7, 11) is 0.0389. The van der Waals surface area contributed by atoms with Crippen molar-refractivity contribution in [2.45, 2.75) is 5.25 Å². The first-order valence-electron chi connectivity index (χ1n) is 3.04. The van der Waals surface area contributed by atoms with E-state index < -0.39 is 10.0 Å². The molecule has 4 nitrogen and oxygen atoms in total. The number of rotatable bonds is 2. The lowest BCUT2D eigenvalue weighted by atomic mass is 10.4. The molecule has 0 unspecified atom stereocenters. The van der Waals surface area contributed by atoms with Crippen molar-refractivity contribution in [3.05, 3.63) is 0 Å². The number of nitrogens with zero attached hydrogens (tertiary/aromatic N) is 1. The minimum atomic E-state index is -3.03. The van der Waals surface area contributed by atoms with Gasteiger partial charge < -0.3 is 4.74 Å². The van der Waals surface area contributed by atoms with E-state index in [0.717, 1.165) is 0 Å². The zero-order valence-electron chi connectivity index (χ0n) is 6.07. The van der Waals surface area contributed by atoms with Gasteiger partial charge in [-0.15, -0.1) is 0 Å². The van der Waals surface area contributed by atoms with Crippen molar-refractivity contribution in [3.8, 4) is 0 Å². The van der Waals surface area contributed by atoms with E-state index in [1.54, 1.807) is 0 Å². The summed E-state index contributed by atoms with van der Waals surface area (Å²) < 4.78 is 28.3. The smallest absolute Gasteiger partial charge is 0.221 e. The maximum absolute atomic E-state index is 11.2. The van der Waals surface area contributed by atoms with E-state index >= 15 is 0 Å². The number of hydrogen-bond acceptors (Lipinski definition) is 3. The average molecular weight is 165 g/mol. The van der Waals surface area contributed by atoms with Crippen LogP contribution in [0.2, 0.25) is 0 Å². The third-order valence-corrected chi connectivity index (χ3v) is 3.67. The Labute approximate surface area is 60.8 Å². The van der Waals surface area contributed by atoms with Gasteiger partial charge in [-0.05, 0) is 0 Å². The highest BCUT2D eigenvalue weighted by Crippen LogP contribution is 2.13. The minimum Gasteiger partial charge on any atom is -0.378 e. The van der Waals surface area contributed by atoms with Gasteiger partial charge in [0.05, 0.1) is 13.2 Å². The van der Waals surface area contributed by atoms with Crippen LogP contribution in [0.3, 0.4) is 0 Å². The third-order valence-electron chi connectivity index (χ3n) is 1.54. The Kier molecular flexibility index (Phi) is 1.98. The molecule has 1 saturated heterocycles. The predicted octanol–water partition coefficient (Wildman–Crippen LogP) is -0.723. The van der Waals surface area contributed by atoms with Crippen LogP contribution < -0.4 is 0 Å². The first kappa shape index (κ1) is 7.97. The molecule has 1 aliphatic rings. The fraction of sp³-hybridized carbons (Fsp3) is 1.00. The van der Waals surface area contributed by atoms with E-state index in [2.05, 4.69) is 0 Å². The van der Waals surface area contributed by atoms with Crippen LogP contribution in [0.4, 0.5) is 0 Å². The SMILES string of the molecule is CN(C)S(=O)(=O)C1COC1. The van der Waals surface area contributed by atoms with Gasteiger partial charge in [-0.1, -0.05) is 0 Å². The van der Waals surface area contributed by atoms with Gasteiger partial charge in [-0.2, -0.15) is 0 Å². The Morgan fingerprint density at radius 2 is 1.90 bits per heavy atom. The monoisotopic (exact) mass is 165 g/mol. The lowest BCUT2D eigenvalue weighted by Gasteiger charge is -2.28. The van der Waals surface area contributed by atoms with Gasteiger partial charge >= 0.3 is 0 Å². The molecule has 1 heterocycles. The largest absolute Gasteiger partial charge is 0.378 e. The molecule has 0 saturated carbocycles. The molecule has 0 radical (unpaired) electrons. The summed E-state index contributed by atoms with van der Waals surface area (Å²) in [5.41, 5.74) is 0. The molecule has 1 fully saturated rings. The standard InChI is InChI=1S/C5H11NO3S/c1-6(2)10(7,8)5-3-9-4-5/h5H,3-4H2,1-2H3. The molecule has 0 aromatic rings. The Bertz CT molecular complexity index is 205. The summed E-state index contributed by atoms with van der Waals surface area (Å²) in [5, 5.41) is -0.303. The first-order valence-corrected chi connectivity index (χ1v) is 4.54. The molecule has 1 aliphatic heterocycles. The van der Waals surface area contributed by atoms with Crippen LogP contribution in [0, 0.1) is 0 Å². The van der Waals surface area contributed by atoms with Gasteiger partial charge in [0.15, 0.2) is 0 Å². The molecule has 0 atom stereocenters. The number of hydrogen-bond donors (Lipinski definition) is 0. The molecule has 1 rings (SSSR count). The topological polar surface area (TPSA) is 46.6 Å². The Hall–Kier alpha value is -0.130. The van der Waals surface area contributed by atoms with E-state index in [1.165, 1.54) is 18.4 Å². The molecule has 0 aliphatic carbocycles. The van der Waals surface area contributed by atoms with E-state index in [1.807, 2.05) is 0 Å². The van der Waals surface area contributed by atoms with Crippen molar-refractivity contribution in [1.29, 1.82) is 0 Å². The molecular formula is C5H11NO3S. The second-order valence-corrected chi connectivity index (χ2v) is 4.91. The maximum atomic E-state index is 11.2. The van der Waals surface area contributed by atoms with Gasteiger partial charge in [0, 0.05) is 14.1 Å². The summed E-state index contributed by atoms with van der Waals surface area (Å²) in [6.07, 6.45) is 0. The zero-order chi connectivity index (χ0) is 7.78. The fourth-order valence-electron chi connectivity index (χ4n) is 0.684. The Morgan fingerprint density at radius 3 is 2.00 bits per heavy atom. The number of sulfonamides is 1. The number of ether oxygens (including phenoxy) is 1. The average Bonchev–Trinajstić information content (AvgIpc) is 1.57. The Balaban J connectivity index is 2.68. The van der Waals surface area contributed by atoms with Crippen molar-refractivity contribution in [2.24, 2.45) is 0 Å². The normalized spacial score (nSPS) is 21.1. The highest BCUT2D eigenvalue weighted by Gasteiger charge is 2.33. The second kappa shape index (κ2) is 2.48. The second-order valence-electron chi connectivity index (χ2n) is 2.49. The van der Waals surface area contributed by atoms with E-state index in [0.29, 0.717) is 13.2 Å². The molecule has 0 aromatic carbocycles. The van der Waals surface area contributed by atoms with Crippen molar-refractivity contribution in [3.63, 3.8) is 0 Å². The lowest BCUT2D eigenvalue weighted by molar-refractivity contribution is 0.0398. The molecule has 0 aromatic heterocycles. The van der Waals surface area contributed by atoms with Gasteiger partial charge in [-0.3, -0.25) is 0 Å². The van der Waals surface area contributed by atoms with Crippen LogP contribution in [0.1, 0.15) is 0 Å². The molecular weight excluding hydrogens is 154 g/mol. The highest BCUT2D eigenvalue weighted by atomic mass is 32.2. The highest BCUT2D eigenvalue weighted by molar-refractivity contribution is 7.89. The van der Waals surface area contributed by atoms with Gasteiger partial charge in [-0.25, -0.2) is 12.7 Å². The maximum Gasteiger partial charge on any atom is 0.221 e. The van der Waals surface area contributed by atoms with Crippen molar-refractivity contribution in [2.75, 3.05) is 27.3 Å². The van der Waals surface area contributed by atoms with Gasteiger partial charge in [0.25, 0.3) is 0 Å².